The number of aromatic nitrogens is 4. The second-order valence-electron chi connectivity index (χ2n) is 6.44. The Kier molecular flexibility index (Phi) is 5.45. The van der Waals surface area contributed by atoms with E-state index in [-0.39, 0.29) is 12.1 Å². The molecule has 138 valence electrons. The van der Waals surface area contributed by atoms with E-state index in [1.54, 1.807) is 6.92 Å². The van der Waals surface area contributed by atoms with E-state index in [1.807, 2.05) is 13.8 Å². The van der Waals surface area contributed by atoms with E-state index in [1.165, 1.54) is 0 Å². The highest BCUT2D eigenvalue weighted by Crippen LogP contribution is 2.27. The van der Waals surface area contributed by atoms with Crippen molar-refractivity contribution in [2.24, 2.45) is 0 Å². The summed E-state index contributed by atoms with van der Waals surface area (Å²) < 4.78 is 10.8. The van der Waals surface area contributed by atoms with Gasteiger partial charge in [-0.3, -0.25) is 9.80 Å². The van der Waals surface area contributed by atoms with Gasteiger partial charge in [0.15, 0.2) is 5.82 Å². The third-order valence-electron chi connectivity index (χ3n) is 4.77. The van der Waals surface area contributed by atoms with E-state index in [2.05, 4.69) is 37.1 Å². The second kappa shape index (κ2) is 7.59. The van der Waals surface area contributed by atoms with E-state index in [0.29, 0.717) is 43.1 Å². The maximum absolute atomic E-state index is 10.6. The number of aliphatic hydroxyl groups is 1. The minimum atomic E-state index is -0.458. The molecule has 3 heterocycles. The predicted molar refractivity (Wildman–Crippen MR) is 88.6 cm³/mol. The van der Waals surface area contributed by atoms with Crippen LogP contribution in [0.25, 0.3) is 0 Å². The molecule has 2 unspecified atom stereocenters. The Morgan fingerprint density at radius 1 is 1.32 bits per heavy atom. The zero-order valence-corrected chi connectivity index (χ0v) is 15.2. The topological polar surface area (TPSA) is 105 Å². The lowest BCUT2D eigenvalue weighted by molar-refractivity contribution is 0.0759. The van der Waals surface area contributed by atoms with Crippen molar-refractivity contribution in [3.63, 3.8) is 0 Å². The Morgan fingerprint density at radius 3 is 2.72 bits per heavy atom. The van der Waals surface area contributed by atoms with E-state index < -0.39 is 6.10 Å². The minimum absolute atomic E-state index is 0.00627. The van der Waals surface area contributed by atoms with Crippen molar-refractivity contribution >= 4 is 0 Å². The highest BCUT2D eigenvalue weighted by atomic mass is 16.5. The fourth-order valence-electron chi connectivity index (χ4n) is 3.25. The lowest BCUT2D eigenvalue weighted by atomic mass is 10.2. The molecule has 1 fully saturated rings. The number of nitrogens with zero attached hydrogens (tertiary/aromatic N) is 6. The minimum Gasteiger partial charge on any atom is -0.424 e. The Labute approximate surface area is 147 Å². The molecule has 0 aliphatic carbocycles. The number of likely N-dealkylation sites (N-methyl/N-ethyl adjacent to an activating group) is 1. The van der Waals surface area contributed by atoms with Gasteiger partial charge in [0.05, 0.1) is 24.7 Å². The van der Waals surface area contributed by atoms with Crippen LogP contribution in [0.5, 0.6) is 0 Å². The summed E-state index contributed by atoms with van der Waals surface area (Å²) in [7, 11) is 0. The number of β-amino-alcohol motifs (C(OH)–C–C–N with tert-alkyl or cyclic N) is 1. The molecule has 9 nitrogen and oxygen atoms in total. The molecule has 0 bridgehead atoms. The third-order valence-corrected chi connectivity index (χ3v) is 4.77. The monoisotopic (exact) mass is 350 g/mol. The fraction of sp³-hybridized carbons (Fsp3) is 0.750. The molecule has 3 atom stereocenters. The highest BCUT2D eigenvalue weighted by Gasteiger charge is 2.39. The van der Waals surface area contributed by atoms with Gasteiger partial charge in [-0.15, -0.1) is 10.2 Å². The molecule has 1 saturated heterocycles. The van der Waals surface area contributed by atoms with Crippen molar-refractivity contribution in [1.82, 2.24) is 30.1 Å². The van der Waals surface area contributed by atoms with E-state index in [4.69, 9.17) is 8.94 Å². The first-order chi connectivity index (χ1) is 12.0. The number of hydrogen-bond donors (Lipinski definition) is 1. The Morgan fingerprint density at radius 2 is 2.12 bits per heavy atom. The predicted octanol–water partition coefficient (Wildman–Crippen LogP) is 0.952. The first-order valence-corrected chi connectivity index (χ1v) is 8.79. The van der Waals surface area contributed by atoms with E-state index in [0.717, 1.165) is 13.0 Å². The normalized spacial score (nSPS) is 22.8. The molecule has 1 aliphatic rings. The van der Waals surface area contributed by atoms with Crippen LogP contribution < -0.4 is 0 Å². The van der Waals surface area contributed by atoms with Gasteiger partial charge in [0.2, 0.25) is 17.7 Å². The molecule has 0 radical (unpaired) electrons. The first kappa shape index (κ1) is 18.0. The number of aliphatic hydroxyl groups excluding tert-OH is 1. The first-order valence-electron chi connectivity index (χ1n) is 8.79. The summed E-state index contributed by atoms with van der Waals surface area (Å²) in [5, 5.41) is 22.5. The van der Waals surface area contributed by atoms with Crippen molar-refractivity contribution in [3.05, 3.63) is 23.5 Å². The molecule has 0 spiro atoms. The smallest absolute Gasteiger partial charge is 0.243 e. The summed E-state index contributed by atoms with van der Waals surface area (Å²) >= 11 is 0. The van der Waals surface area contributed by atoms with Crippen molar-refractivity contribution in [1.29, 1.82) is 0 Å². The zero-order valence-electron chi connectivity index (χ0n) is 15.2. The van der Waals surface area contributed by atoms with Gasteiger partial charge in [0.1, 0.15) is 0 Å². The van der Waals surface area contributed by atoms with Crippen LogP contribution >= 0.6 is 0 Å². The highest BCUT2D eigenvalue weighted by molar-refractivity contribution is 4.99. The van der Waals surface area contributed by atoms with Gasteiger partial charge in [-0.1, -0.05) is 19.0 Å². The molecule has 0 saturated carbocycles. The molecule has 25 heavy (non-hydrogen) atoms. The van der Waals surface area contributed by atoms with Gasteiger partial charge in [-0.05, 0) is 13.5 Å². The quantitative estimate of drug-likeness (QED) is 0.781. The summed E-state index contributed by atoms with van der Waals surface area (Å²) in [5.74, 6) is 2.43. The molecule has 9 heteroatoms. The van der Waals surface area contributed by atoms with Crippen LogP contribution in [0.4, 0.5) is 0 Å². The van der Waals surface area contributed by atoms with Crippen LogP contribution in [0.1, 0.15) is 50.3 Å². The lowest BCUT2D eigenvalue weighted by Crippen LogP contribution is -2.42. The summed E-state index contributed by atoms with van der Waals surface area (Å²) in [6.45, 7) is 10.5. The molecule has 1 N–H and O–H groups in total. The zero-order chi connectivity index (χ0) is 18.0. The second-order valence-corrected chi connectivity index (χ2v) is 6.44. The van der Waals surface area contributed by atoms with Crippen molar-refractivity contribution in [2.45, 2.75) is 58.8 Å². The Balaban J connectivity index is 1.66. The number of hydrogen-bond acceptors (Lipinski definition) is 9. The molecule has 0 amide bonds. The molecular formula is C16H26N6O3. The van der Waals surface area contributed by atoms with Gasteiger partial charge in [0, 0.05) is 26.4 Å². The largest absolute Gasteiger partial charge is 0.424 e. The summed E-state index contributed by atoms with van der Waals surface area (Å²) in [5.41, 5.74) is 0. The SMILES string of the molecule is CCc1noc(C(C)N2CC(N(CC)Cc3nnc(C)o3)[C@H](O)C2)n1. The van der Waals surface area contributed by atoms with Crippen molar-refractivity contribution in [3.8, 4) is 0 Å². The number of aryl methyl sites for hydroxylation is 2. The summed E-state index contributed by atoms with van der Waals surface area (Å²) in [6.07, 6.45) is 0.286. The fourth-order valence-corrected chi connectivity index (χ4v) is 3.25. The average Bonchev–Trinajstić information content (AvgIpc) is 3.32. The maximum Gasteiger partial charge on any atom is 0.243 e. The molecule has 0 aromatic carbocycles. The van der Waals surface area contributed by atoms with Gasteiger partial charge < -0.3 is 14.0 Å². The van der Waals surface area contributed by atoms with Crippen LogP contribution in [0.15, 0.2) is 8.94 Å². The molecule has 1 aliphatic heterocycles. The van der Waals surface area contributed by atoms with Gasteiger partial charge in [0.25, 0.3) is 0 Å². The number of likely N-dealkylation sites (tertiary alicyclic amines) is 1. The molecular weight excluding hydrogens is 324 g/mol. The maximum atomic E-state index is 10.6. The number of rotatable bonds is 7. The molecule has 2 aromatic rings. The van der Waals surface area contributed by atoms with Gasteiger partial charge in [-0.2, -0.15) is 4.98 Å². The Hall–Kier alpha value is -1.84. The van der Waals surface area contributed by atoms with E-state index in [9.17, 15) is 5.11 Å². The van der Waals surface area contributed by atoms with Crippen LogP contribution in [0.2, 0.25) is 0 Å². The van der Waals surface area contributed by atoms with Gasteiger partial charge in [-0.25, -0.2) is 0 Å². The van der Waals surface area contributed by atoms with Crippen LogP contribution in [-0.2, 0) is 13.0 Å². The van der Waals surface area contributed by atoms with E-state index >= 15 is 0 Å². The summed E-state index contributed by atoms with van der Waals surface area (Å²) in [4.78, 5) is 8.74. The van der Waals surface area contributed by atoms with Crippen molar-refractivity contribution in [2.75, 3.05) is 19.6 Å². The molecule has 3 rings (SSSR count). The average molecular weight is 350 g/mol. The van der Waals surface area contributed by atoms with Crippen LogP contribution in [0, 0.1) is 6.92 Å². The van der Waals surface area contributed by atoms with Crippen molar-refractivity contribution < 1.29 is 14.0 Å². The Bertz CT molecular complexity index is 687. The van der Waals surface area contributed by atoms with Crippen LogP contribution in [-0.4, -0.2) is 67.0 Å². The standard InChI is InChI=1S/C16H26N6O3/c1-5-14-17-16(25-20-14)10(3)22-7-12(13(23)8-22)21(6-2)9-15-19-18-11(4)24-15/h10,12-13,23H,5-9H2,1-4H3/t10?,12?,13-/m1/s1. The third kappa shape index (κ3) is 3.88. The van der Waals surface area contributed by atoms with Crippen LogP contribution in [0.3, 0.4) is 0 Å². The van der Waals surface area contributed by atoms with Gasteiger partial charge >= 0.3 is 0 Å². The molecule has 2 aromatic heterocycles. The summed E-state index contributed by atoms with van der Waals surface area (Å²) in [6, 6.07) is -0.0370. The lowest BCUT2D eigenvalue weighted by Gasteiger charge is -2.28.